The molecule has 0 saturated heterocycles. The summed E-state index contributed by atoms with van der Waals surface area (Å²) in [4.78, 5) is 3.85. The van der Waals surface area contributed by atoms with Gasteiger partial charge in [0.2, 0.25) is 5.13 Å². The number of nitrogens with zero attached hydrogens (tertiary/aromatic N) is 3. The Morgan fingerprint density at radius 1 is 1.44 bits per heavy atom. The summed E-state index contributed by atoms with van der Waals surface area (Å²) in [6, 6.07) is 0. The van der Waals surface area contributed by atoms with Crippen LogP contribution in [0.1, 0.15) is 11.3 Å². The maximum Gasteiger partial charge on any atom is 0.435 e. The molecular weight excluding hydrogens is 263 g/mol. The van der Waals surface area contributed by atoms with E-state index in [2.05, 4.69) is 10.1 Å². The van der Waals surface area contributed by atoms with Gasteiger partial charge in [-0.25, -0.2) is 4.98 Å². The maximum absolute atomic E-state index is 12.5. The van der Waals surface area contributed by atoms with Crippen molar-refractivity contribution in [1.29, 1.82) is 0 Å². The van der Waals surface area contributed by atoms with Crippen molar-refractivity contribution in [3.8, 4) is 5.13 Å². The summed E-state index contributed by atoms with van der Waals surface area (Å²) in [5.74, 6) is 0. The normalized spacial score (nSPS) is 12.1. The molecule has 3 nitrogen and oxygen atoms in total. The molecule has 16 heavy (non-hydrogen) atoms. The fraction of sp³-hybridized carbons (Fsp3) is 0.250. The number of aromatic nitrogens is 3. The third-order valence-corrected chi connectivity index (χ3v) is 3.11. The van der Waals surface area contributed by atoms with Crippen LogP contribution in [-0.2, 0) is 6.18 Å². The van der Waals surface area contributed by atoms with Crippen molar-refractivity contribution in [2.75, 3.05) is 0 Å². The van der Waals surface area contributed by atoms with E-state index < -0.39 is 11.9 Å². The van der Waals surface area contributed by atoms with Gasteiger partial charge in [0.25, 0.3) is 0 Å². The largest absolute Gasteiger partial charge is 0.435 e. The highest BCUT2D eigenvalue weighted by atomic mass is 35.5. The smallest absolute Gasteiger partial charge is 0.227 e. The molecule has 0 N–H and O–H groups in total. The molecule has 0 aliphatic carbocycles. The molecule has 2 heterocycles. The first-order chi connectivity index (χ1) is 7.41. The first-order valence-corrected chi connectivity index (χ1v) is 5.39. The van der Waals surface area contributed by atoms with Gasteiger partial charge >= 0.3 is 6.18 Å². The fourth-order valence-corrected chi connectivity index (χ4v) is 2.05. The highest BCUT2D eigenvalue weighted by Crippen LogP contribution is 2.35. The van der Waals surface area contributed by atoms with Crippen molar-refractivity contribution in [1.82, 2.24) is 14.8 Å². The topological polar surface area (TPSA) is 30.7 Å². The predicted octanol–water partition coefficient (Wildman–Crippen LogP) is 3.31. The number of alkyl halides is 3. The van der Waals surface area contributed by atoms with Crippen molar-refractivity contribution in [2.45, 2.75) is 13.1 Å². The molecule has 0 unspecified atom stereocenters. The standard InChI is InChI=1S/C8H5ClF3N3S/c1-4-5(8(10,11)12)14-15(6(4)9)7-13-2-3-16-7/h2-3H,1H3. The van der Waals surface area contributed by atoms with E-state index in [1.54, 1.807) is 5.38 Å². The summed E-state index contributed by atoms with van der Waals surface area (Å²) < 4.78 is 38.6. The summed E-state index contributed by atoms with van der Waals surface area (Å²) in [5.41, 5.74) is -1.07. The second-order valence-corrected chi connectivity index (χ2v) is 4.22. The lowest BCUT2D eigenvalue weighted by Crippen LogP contribution is -2.08. The van der Waals surface area contributed by atoms with Gasteiger partial charge in [-0.15, -0.1) is 11.3 Å². The molecule has 0 radical (unpaired) electrons. The van der Waals surface area contributed by atoms with E-state index in [4.69, 9.17) is 11.6 Å². The van der Waals surface area contributed by atoms with Crippen LogP contribution in [0.2, 0.25) is 5.15 Å². The first kappa shape index (κ1) is 11.4. The van der Waals surface area contributed by atoms with Gasteiger partial charge in [0.15, 0.2) is 5.69 Å². The van der Waals surface area contributed by atoms with Gasteiger partial charge in [-0.1, -0.05) is 11.6 Å². The fourth-order valence-electron chi connectivity index (χ4n) is 1.19. The van der Waals surface area contributed by atoms with Gasteiger partial charge < -0.3 is 0 Å². The Morgan fingerprint density at radius 2 is 2.12 bits per heavy atom. The number of thiazole rings is 1. The summed E-state index contributed by atoms with van der Waals surface area (Å²) in [6.45, 7) is 1.28. The molecule has 2 aromatic rings. The van der Waals surface area contributed by atoms with Crippen LogP contribution in [0.4, 0.5) is 13.2 Å². The molecule has 86 valence electrons. The Kier molecular flexibility index (Phi) is 2.67. The Hall–Kier alpha value is -1.08. The average Bonchev–Trinajstić information content (AvgIpc) is 2.75. The maximum atomic E-state index is 12.5. The Morgan fingerprint density at radius 3 is 2.56 bits per heavy atom. The van der Waals surface area contributed by atoms with Gasteiger partial charge in [-0.2, -0.15) is 23.0 Å². The average molecular weight is 268 g/mol. The number of rotatable bonds is 1. The van der Waals surface area contributed by atoms with E-state index in [9.17, 15) is 13.2 Å². The van der Waals surface area contributed by atoms with E-state index in [0.717, 1.165) is 16.0 Å². The molecule has 2 aromatic heterocycles. The Bertz CT molecular complexity index is 503. The van der Waals surface area contributed by atoms with Crippen LogP contribution >= 0.6 is 22.9 Å². The van der Waals surface area contributed by atoms with Crippen LogP contribution in [0.25, 0.3) is 5.13 Å². The molecule has 0 aliphatic rings. The summed E-state index contributed by atoms with van der Waals surface area (Å²) >= 11 is 6.94. The zero-order valence-corrected chi connectivity index (χ0v) is 9.49. The highest BCUT2D eigenvalue weighted by molar-refractivity contribution is 7.12. The molecule has 0 aliphatic heterocycles. The minimum absolute atomic E-state index is 0.0673. The minimum atomic E-state index is -4.50. The van der Waals surface area contributed by atoms with E-state index >= 15 is 0 Å². The zero-order valence-electron chi connectivity index (χ0n) is 7.92. The van der Waals surface area contributed by atoms with Crippen molar-refractivity contribution in [2.24, 2.45) is 0 Å². The molecule has 0 amide bonds. The second kappa shape index (κ2) is 3.74. The number of hydrogen-bond acceptors (Lipinski definition) is 3. The SMILES string of the molecule is Cc1c(C(F)(F)F)nn(-c2nccs2)c1Cl. The predicted molar refractivity (Wildman–Crippen MR) is 54.0 cm³/mol. The lowest BCUT2D eigenvalue weighted by atomic mass is 10.3. The van der Waals surface area contributed by atoms with Gasteiger partial charge in [-0.3, -0.25) is 0 Å². The molecule has 0 bridgehead atoms. The number of halogens is 4. The van der Waals surface area contributed by atoms with E-state index in [1.165, 1.54) is 13.1 Å². The number of hydrogen-bond donors (Lipinski definition) is 0. The lowest BCUT2D eigenvalue weighted by Gasteiger charge is -2.01. The molecule has 2 rings (SSSR count). The summed E-state index contributed by atoms with van der Waals surface area (Å²) in [7, 11) is 0. The van der Waals surface area contributed by atoms with Gasteiger partial charge in [0.1, 0.15) is 5.15 Å². The molecule has 8 heteroatoms. The van der Waals surface area contributed by atoms with Gasteiger partial charge in [0, 0.05) is 17.1 Å². The van der Waals surface area contributed by atoms with Crippen molar-refractivity contribution in [3.63, 3.8) is 0 Å². The van der Waals surface area contributed by atoms with Crippen LogP contribution in [0.15, 0.2) is 11.6 Å². The van der Waals surface area contributed by atoms with E-state index in [-0.39, 0.29) is 10.7 Å². The zero-order chi connectivity index (χ0) is 11.9. The molecular formula is C8H5ClF3N3S. The van der Waals surface area contributed by atoms with Crippen LogP contribution in [0.5, 0.6) is 0 Å². The van der Waals surface area contributed by atoms with Crippen LogP contribution < -0.4 is 0 Å². The lowest BCUT2D eigenvalue weighted by molar-refractivity contribution is -0.141. The minimum Gasteiger partial charge on any atom is -0.227 e. The Balaban J connectivity index is 2.59. The molecule has 0 aromatic carbocycles. The van der Waals surface area contributed by atoms with E-state index in [0.29, 0.717) is 5.13 Å². The Labute approximate surface area is 97.5 Å². The third kappa shape index (κ3) is 1.80. The molecule has 0 saturated carbocycles. The van der Waals surface area contributed by atoms with E-state index in [1.807, 2.05) is 0 Å². The summed E-state index contributed by atoms with van der Waals surface area (Å²) in [5, 5.41) is 5.31. The molecule has 0 spiro atoms. The van der Waals surface area contributed by atoms with Crippen molar-refractivity contribution < 1.29 is 13.2 Å². The van der Waals surface area contributed by atoms with Crippen molar-refractivity contribution >= 4 is 22.9 Å². The highest BCUT2D eigenvalue weighted by Gasteiger charge is 2.38. The summed E-state index contributed by atoms with van der Waals surface area (Å²) in [6.07, 6.45) is -3.03. The van der Waals surface area contributed by atoms with Gasteiger partial charge in [-0.05, 0) is 6.92 Å². The van der Waals surface area contributed by atoms with Crippen molar-refractivity contribution in [3.05, 3.63) is 28.0 Å². The molecule has 0 atom stereocenters. The first-order valence-electron chi connectivity index (χ1n) is 4.13. The van der Waals surface area contributed by atoms with Crippen LogP contribution in [-0.4, -0.2) is 14.8 Å². The third-order valence-electron chi connectivity index (χ3n) is 1.92. The van der Waals surface area contributed by atoms with Crippen LogP contribution in [0.3, 0.4) is 0 Å². The quantitative estimate of drug-likeness (QED) is 0.794. The second-order valence-electron chi connectivity index (χ2n) is 2.99. The monoisotopic (exact) mass is 267 g/mol. The van der Waals surface area contributed by atoms with Crippen LogP contribution in [0, 0.1) is 6.92 Å². The van der Waals surface area contributed by atoms with Gasteiger partial charge in [0.05, 0.1) is 0 Å². The molecule has 0 fully saturated rings.